The maximum absolute atomic E-state index is 12.4. The Labute approximate surface area is 181 Å². The Morgan fingerprint density at radius 3 is 2.60 bits per heavy atom. The number of hydrazone groups is 1. The van der Waals surface area contributed by atoms with Crippen LogP contribution in [0.4, 0.5) is 16.2 Å². The lowest BCUT2D eigenvalue weighted by molar-refractivity contribution is 0.252. The van der Waals surface area contributed by atoms with Gasteiger partial charge in [0.1, 0.15) is 0 Å². The lowest BCUT2D eigenvalue weighted by atomic mass is 9.92. The molecule has 0 radical (unpaired) electrons. The number of urea groups is 1. The average molecular weight is 419 g/mol. The Balaban J connectivity index is 1.56. The van der Waals surface area contributed by atoms with Crippen LogP contribution in [0.1, 0.15) is 34.7 Å². The normalized spacial score (nSPS) is 16.5. The van der Waals surface area contributed by atoms with Crippen LogP contribution in [0.3, 0.4) is 0 Å². The highest BCUT2D eigenvalue weighted by Gasteiger charge is 2.24. The van der Waals surface area contributed by atoms with Gasteiger partial charge in [-0.25, -0.2) is 10.2 Å². The van der Waals surface area contributed by atoms with Crippen molar-refractivity contribution in [2.24, 2.45) is 5.10 Å². The van der Waals surface area contributed by atoms with Gasteiger partial charge >= 0.3 is 6.03 Å². The first-order valence-corrected chi connectivity index (χ1v) is 10.2. The van der Waals surface area contributed by atoms with Crippen molar-refractivity contribution in [2.45, 2.75) is 26.3 Å². The molecule has 0 bridgehead atoms. The van der Waals surface area contributed by atoms with Crippen LogP contribution in [0.2, 0.25) is 5.02 Å². The number of rotatable bonds is 3. The number of amides is 2. The first kappa shape index (κ1) is 20.0. The molecule has 0 aromatic heterocycles. The van der Waals surface area contributed by atoms with Gasteiger partial charge in [-0.05, 0) is 60.9 Å². The fraction of sp³-hybridized carbons (Fsp3) is 0.167. The second-order valence-electron chi connectivity index (χ2n) is 7.43. The van der Waals surface area contributed by atoms with Gasteiger partial charge in [-0.15, -0.1) is 0 Å². The van der Waals surface area contributed by atoms with Gasteiger partial charge in [0.15, 0.2) is 0 Å². The summed E-state index contributed by atoms with van der Waals surface area (Å²) in [4.78, 5) is 12.4. The third-order valence-corrected chi connectivity index (χ3v) is 5.51. The minimum absolute atomic E-state index is 0.0586. The molecule has 4 rings (SSSR count). The SMILES string of the molecule is Cc1ccc(NC(=O)NN=C2CC(c3ccccc3)Nc3ccc(Cl)cc32)cc1C. The molecule has 0 aliphatic carbocycles. The molecule has 3 aromatic carbocycles. The highest BCUT2D eigenvalue weighted by Crippen LogP contribution is 2.34. The lowest BCUT2D eigenvalue weighted by Gasteiger charge is -2.28. The predicted molar refractivity (Wildman–Crippen MR) is 123 cm³/mol. The van der Waals surface area contributed by atoms with Crippen LogP contribution in [0, 0.1) is 13.8 Å². The number of nitrogens with zero attached hydrogens (tertiary/aromatic N) is 1. The molecule has 3 N–H and O–H groups in total. The van der Waals surface area contributed by atoms with Crippen molar-refractivity contribution < 1.29 is 4.79 Å². The van der Waals surface area contributed by atoms with Gasteiger partial charge in [0.05, 0.1) is 11.8 Å². The van der Waals surface area contributed by atoms with Crippen LogP contribution >= 0.6 is 11.6 Å². The zero-order chi connectivity index (χ0) is 21.1. The van der Waals surface area contributed by atoms with Crippen LogP contribution in [-0.4, -0.2) is 11.7 Å². The molecule has 152 valence electrons. The summed E-state index contributed by atoms with van der Waals surface area (Å²) in [6.45, 7) is 4.05. The minimum Gasteiger partial charge on any atom is -0.377 e. The maximum Gasteiger partial charge on any atom is 0.339 e. The number of anilines is 2. The molecular weight excluding hydrogens is 396 g/mol. The highest BCUT2D eigenvalue weighted by molar-refractivity contribution is 6.31. The minimum atomic E-state index is -0.385. The summed E-state index contributed by atoms with van der Waals surface area (Å²) in [6, 6.07) is 21.3. The molecule has 0 saturated heterocycles. The summed E-state index contributed by atoms with van der Waals surface area (Å²) >= 11 is 6.21. The van der Waals surface area contributed by atoms with E-state index < -0.39 is 0 Å². The van der Waals surface area contributed by atoms with Crippen molar-refractivity contribution >= 4 is 34.7 Å². The van der Waals surface area contributed by atoms with Crippen LogP contribution in [0.5, 0.6) is 0 Å². The molecule has 6 heteroatoms. The fourth-order valence-corrected chi connectivity index (χ4v) is 3.68. The van der Waals surface area contributed by atoms with Gasteiger partial charge in [0.25, 0.3) is 0 Å². The molecule has 3 aromatic rings. The third-order valence-electron chi connectivity index (χ3n) is 5.28. The summed E-state index contributed by atoms with van der Waals surface area (Å²) < 4.78 is 0. The summed E-state index contributed by atoms with van der Waals surface area (Å²) in [6.07, 6.45) is 0.626. The molecule has 5 nitrogen and oxygen atoms in total. The molecule has 0 spiro atoms. The van der Waals surface area contributed by atoms with E-state index in [9.17, 15) is 4.79 Å². The van der Waals surface area contributed by atoms with Crippen LogP contribution < -0.4 is 16.1 Å². The van der Waals surface area contributed by atoms with Gasteiger partial charge < -0.3 is 10.6 Å². The van der Waals surface area contributed by atoms with Gasteiger partial charge in [0.2, 0.25) is 0 Å². The molecule has 1 unspecified atom stereocenters. The second kappa shape index (κ2) is 8.59. The second-order valence-corrected chi connectivity index (χ2v) is 7.86. The predicted octanol–water partition coefficient (Wildman–Crippen LogP) is 6.04. The largest absolute Gasteiger partial charge is 0.377 e. The Morgan fingerprint density at radius 1 is 1.03 bits per heavy atom. The smallest absolute Gasteiger partial charge is 0.339 e. The Hall–Kier alpha value is -3.31. The number of carbonyl (C=O) groups is 1. The van der Waals surface area contributed by atoms with Gasteiger partial charge in [-0.2, -0.15) is 5.10 Å². The van der Waals surface area contributed by atoms with E-state index in [2.05, 4.69) is 33.3 Å². The van der Waals surface area contributed by atoms with Gasteiger partial charge in [-0.3, -0.25) is 0 Å². The van der Waals surface area contributed by atoms with E-state index in [0.717, 1.165) is 33.8 Å². The van der Waals surface area contributed by atoms with Gasteiger partial charge in [0, 0.05) is 28.4 Å². The van der Waals surface area contributed by atoms with Crippen molar-refractivity contribution in [1.29, 1.82) is 0 Å². The monoisotopic (exact) mass is 418 g/mol. The number of halogens is 1. The van der Waals surface area contributed by atoms with E-state index in [0.29, 0.717) is 11.4 Å². The Morgan fingerprint density at radius 2 is 1.83 bits per heavy atom. The summed E-state index contributed by atoms with van der Waals surface area (Å²) in [5, 5.41) is 11.4. The van der Waals surface area contributed by atoms with E-state index in [1.807, 2.05) is 68.4 Å². The number of benzene rings is 3. The zero-order valence-corrected chi connectivity index (χ0v) is 17.6. The number of carbonyl (C=O) groups excluding carboxylic acids is 1. The fourth-order valence-electron chi connectivity index (χ4n) is 3.51. The third kappa shape index (κ3) is 4.47. The summed E-state index contributed by atoms with van der Waals surface area (Å²) in [5.74, 6) is 0. The lowest BCUT2D eigenvalue weighted by Crippen LogP contribution is -2.29. The van der Waals surface area contributed by atoms with E-state index in [4.69, 9.17) is 11.6 Å². The van der Waals surface area contributed by atoms with E-state index in [1.165, 1.54) is 5.56 Å². The van der Waals surface area contributed by atoms with Gasteiger partial charge in [-0.1, -0.05) is 48.0 Å². The maximum atomic E-state index is 12.4. The standard InChI is InChI=1S/C24H23ClN4O/c1-15-8-10-19(12-16(15)2)26-24(30)29-28-23-14-22(17-6-4-3-5-7-17)27-21-11-9-18(25)13-20(21)23/h3-13,22,27H,14H2,1-2H3,(H2,26,29,30). The van der Waals surface area contributed by atoms with Crippen LogP contribution in [0.15, 0.2) is 71.8 Å². The zero-order valence-electron chi connectivity index (χ0n) is 16.9. The highest BCUT2D eigenvalue weighted by atomic mass is 35.5. The molecule has 1 heterocycles. The molecule has 2 amide bonds. The number of hydrogen-bond donors (Lipinski definition) is 3. The first-order chi connectivity index (χ1) is 14.5. The molecule has 0 fully saturated rings. The average Bonchev–Trinajstić information content (AvgIpc) is 2.75. The number of aryl methyl sites for hydroxylation is 2. The number of fused-ring (bicyclic) bond motifs is 1. The quantitative estimate of drug-likeness (QED) is 0.454. The number of nitrogens with one attached hydrogen (secondary N) is 3. The van der Waals surface area contributed by atoms with Crippen molar-refractivity contribution in [3.8, 4) is 0 Å². The van der Waals surface area contributed by atoms with E-state index >= 15 is 0 Å². The summed E-state index contributed by atoms with van der Waals surface area (Å²) in [7, 11) is 0. The van der Waals surface area contributed by atoms with Crippen LogP contribution in [-0.2, 0) is 0 Å². The topological polar surface area (TPSA) is 65.5 Å². The molecule has 1 aliphatic rings. The Kier molecular flexibility index (Phi) is 5.72. The molecule has 30 heavy (non-hydrogen) atoms. The van der Waals surface area contributed by atoms with Crippen molar-refractivity contribution in [3.63, 3.8) is 0 Å². The van der Waals surface area contributed by atoms with E-state index in [-0.39, 0.29) is 12.1 Å². The molecule has 0 saturated carbocycles. The van der Waals surface area contributed by atoms with Crippen LogP contribution in [0.25, 0.3) is 0 Å². The van der Waals surface area contributed by atoms with Crippen molar-refractivity contribution in [1.82, 2.24) is 5.43 Å². The van der Waals surface area contributed by atoms with Crippen molar-refractivity contribution in [2.75, 3.05) is 10.6 Å². The Bertz CT molecular complexity index is 1110. The van der Waals surface area contributed by atoms with Crippen molar-refractivity contribution in [3.05, 3.63) is 94.0 Å². The summed E-state index contributed by atoms with van der Waals surface area (Å²) in [5.41, 5.74) is 9.42. The van der Waals surface area contributed by atoms with E-state index in [1.54, 1.807) is 0 Å². The molecule has 1 atom stereocenters. The first-order valence-electron chi connectivity index (χ1n) is 9.82. The number of hydrogen-bond acceptors (Lipinski definition) is 3. The molecule has 1 aliphatic heterocycles. The molecular formula is C24H23ClN4O.